The highest BCUT2D eigenvalue weighted by Crippen LogP contribution is 2.33. The maximum absolute atomic E-state index is 12.8. The Bertz CT molecular complexity index is 895. The van der Waals surface area contributed by atoms with Gasteiger partial charge in [-0.2, -0.15) is 13.2 Å². The van der Waals surface area contributed by atoms with Gasteiger partial charge in [-0.3, -0.25) is 4.79 Å². The molecule has 30 heavy (non-hydrogen) atoms. The van der Waals surface area contributed by atoms with E-state index in [0.29, 0.717) is 49.1 Å². The first-order valence-electron chi connectivity index (χ1n) is 9.48. The number of alkyl halides is 3. The zero-order valence-corrected chi connectivity index (χ0v) is 17.6. The summed E-state index contributed by atoms with van der Waals surface area (Å²) < 4.78 is 38.4. The van der Waals surface area contributed by atoms with E-state index in [1.165, 1.54) is 0 Å². The molecule has 2 aromatic rings. The van der Waals surface area contributed by atoms with E-state index < -0.39 is 11.7 Å². The van der Waals surface area contributed by atoms with Crippen LogP contribution in [0.5, 0.6) is 0 Å². The summed E-state index contributed by atoms with van der Waals surface area (Å²) in [4.78, 5) is 20.2. The molecule has 0 saturated carbocycles. The van der Waals surface area contributed by atoms with Crippen molar-refractivity contribution in [3.63, 3.8) is 0 Å². The number of para-hydroxylation sites is 1. The van der Waals surface area contributed by atoms with Gasteiger partial charge in [-0.1, -0.05) is 35.3 Å². The number of carbonyl (C=O) groups is 1. The summed E-state index contributed by atoms with van der Waals surface area (Å²) in [5.74, 6) is 0.222. The monoisotopic (exact) mass is 460 g/mol. The number of hydrogen-bond acceptors (Lipinski definition) is 4. The molecule has 0 unspecified atom stereocenters. The van der Waals surface area contributed by atoms with Gasteiger partial charge in [-0.25, -0.2) is 4.98 Å². The van der Waals surface area contributed by atoms with Crippen molar-refractivity contribution in [3.05, 3.63) is 52.1 Å². The topological polar surface area (TPSA) is 48.5 Å². The van der Waals surface area contributed by atoms with Crippen molar-refractivity contribution in [2.75, 3.05) is 42.9 Å². The number of pyridine rings is 1. The zero-order valence-electron chi connectivity index (χ0n) is 16.1. The van der Waals surface area contributed by atoms with Gasteiger partial charge in [-0.15, -0.1) is 0 Å². The van der Waals surface area contributed by atoms with Gasteiger partial charge >= 0.3 is 6.18 Å². The average Bonchev–Trinajstić information content (AvgIpc) is 2.93. The molecule has 2 heterocycles. The van der Waals surface area contributed by atoms with E-state index in [1.807, 2.05) is 4.90 Å². The molecule has 10 heteroatoms. The quantitative estimate of drug-likeness (QED) is 0.685. The Labute approximate surface area is 182 Å². The van der Waals surface area contributed by atoms with Crippen LogP contribution in [-0.2, 0) is 11.0 Å². The number of nitrogens with one attached hydrogen (secondary N) is 1. The predicted octanol–water partition coefficient (Wildman–Crippen LogP) is 4.95. The SMILES string of the molecule is O=C(CCN1CCCN(c2ncc(C(F)(F)F)cc2Cl)CC1)Nc1ccccc1Cl. The van der Waals surface area contributed by atoms with Gasteiger partial charge in [0.15, 0.2) is 0 Å². The van der Waals surface area contributed by atoms with Gasteiger partial charge in [0, 0.05) is 38.8 Å². The third-order valence-electron chi connectivity index (χ3n) is 4.84. The third-order valence-corrected chi connectivity index (χ3v) is 5.45. The number of aromatic nitrogens is 1. The molecule has 0 radical (unpaired) electrons. The average molecular weight is 461 g/mol. The Morgan fingerprint density at radius 1 is 1.10 bits per heavy atom. The molecule has 3 rings (SSSR count). The fraction of sp³-hybridized carbons (Fsp3) is 0.400. The van der Waals surface area contributed by atoms with Gasteiger partial charge in [0.2, 0.25) is 5.91 Å². The van der Waals surface area contributed by atoms with Crippen molar-refractivity contribution in [2.45, 2.75) is 19.0 Å². The number of carbonyl (C=O) groups excluding carboxylic acids is 1. The lowest BCUT2D eigenvalue weighted by Crippen LogP contribution is -2.33. The summed E-state index contributed by atoms with van der Waals surface area (Å²) in [6, 6.07) is 7.95. The van der Waals surface area contributed by atoms with Crippen molar-refractivity contribution in [1.82, 2.24) is 9.88 Å². The van der Waals surface area contributed by atoms with Crippen LogP contribution in [0.25, 0.3) is 0 Å². The van der Waals surface area contributed by atoms with Crippen LogP contribution in [0.4, 0.5) is 24.7 Å². The van der Waals surface area contributed by atoms with Crippen molar-refractivity contribution in [1.29, 1.82) is 0 Å². The molecule has 0 bridgehead atoms. The molecule has 1 N–H and O–H groups in total. The lowest BCUT2D eigenvalue weighted by Gasteiger charge is -2.24. The summed E-state index contributed by atoms with van der Waals surface area (Å²) in [6.45, 7) is 3.18. The van der Waals surface area contributed by atoms with Crippen molar-refractivity contribution >= 4 is 40.6 Å². The van der Waals surface area contributed by atoms with Gasteiger partial charge in [0.05, 0.1) is 21.3 Å². The first kappa shape index (κ1) is 22.7. The molecular weight excluding hydrogens is 440 g/mol. The molecule has 1 aliphatic rings. The summed E-state index contributed by atoms with van der Waals surface area (Å²) >= 11 is 12.1. The normalized spacial score (nSPS) is 15.7. The fourth-order valence-electron chi connectivity index (χ4n) is 3.26. The molecule has 1 aromatic carbocycles. The minimum atomic E-state index is -4.48. The largest absolute Gasteiger partial charge is 0.417 e. The molecule has 1 fully saturated rings. The molecular formula is C20H21Cl2F3N4O. The van der Waals surface area contributed by atoms with Crippen LogP contribution < -0.4 is 10.2 Å². The van der Waals surface area contributed by atoms with E-state index in [2.05, 4.69) is 15.2 Å². The van der Waals surface area contributed by atoms with Crippen LogP contribution in [0, 0.1) is 0 Å². The number of anilines is 2. The molecule has 1 amide bonds. The molecule has 5 nitrogen and oxygen atoms in total. The highest BCUT2D eigenvalue weighted by atomic mass is 35.5. The maximum Gasteiger partial charge on any atom is 0.417 e. The van der Waals surface area contributed by atoms with E-state index in [1.54, 1.807) is 24.3 Å². The highest BCUT2D eigenvalue weighted by molar-refractivity contribution is 6.33. The summed E-state index contributed by atoms with van der Waals surface area (Å²) in [7, 11) is 0. The third kappa shape index (κ3) is 6.00. The first-order valence-corrected chi connectivity index (χ1v) is 10.2. The van der Waals surface area contributed by atoms with Crippen molar-refractivity contribution in [2.24, 2.45) is 0 Å². The first-order chi connectivity index (χ1) is 14.2. The number of halogens is 5. The van der Waals surface area contributed by atoms with E-state index in [0.717, 1.165) is 25.2 Å². The number of hydrogen-bond donors (Lipinski definition) is 1. The van der Waals surface area contributed by atoms with Gasteiger partial charge in [0.1, 0.15) is 5.82 Å². The van der Waals surface area contributed by atoms with Gasteiger partial charge < -0.3 is 15.1 Å². The fourth-order valence-corrected chi connectivity index (χ4v) is 3.73. The van der Waals surface area contributed by atoms with Crippen LogP contribution in [-0.4, -0.2) is 48.5 Å². The van der Waals surface area contributed by atoms with Gasteiger partial charge in [-0.05, 0) is 31.2 Å². The second kappa shape index (κ2) is 9.85. The van der Waals surface area contributed by atoms with Crippen LogP contribution in [0.15, 0.2) is 36.5 Å². The second-order valence-electron chi connectivity index (χ2n) is 6.99. The smallest absolute Gasteiger partial charge is 0.354 e. The van der Waals surface area contributed by atoms with Crippen molar-refractivity contribution in [3.8, 4) is 0 Å². The number of amides is 1. The Morgan fingerprint density at radius 2 is 1.87 bits per heavy atom. The summed E-state index contributed by atoms with van der Waals surface area (Å²) in [5.41, 5.74) is -0.286. The van der Waals surface area contributed by atoms with Crippen LogP contribution >= 0.6 is 23.2 Å². The second-order valence-corrected chi connectivity index (χ2v) is 7.80. The van der Waals surface area contributed by atoms with E-state index >= 15 is 0 Å². The lowest BCUT2D eigenvalue weighted by molar-refractivity contribution is -0.137. The maximum atomic E-state index is 12.8. The van der Waals surface area contributed by atoms with Crippen molar-refractivity contribution < 1.29 is 18.0 Å². The Balaban J connectivity index is 1.53. The molecule has 0 spiro atoms. The van der Waals surface area contributed by atoms with Crippen LogP contribution in [0.2, 0.25) is 10.0 Å². The van der Waals surface area contributed by atoms with E-state index in [4.69, 9.17) is 23.2 Å². The van der Waals surface area contributed by atoms with Gasteiger partial charge in [0.25, 0.3) is 0 Å². The minimum absolute atomic E-state index is 0.0163. The van der Waals surface area contributed by atoms with Crippen LogP contribution in [0.3, 0.4) is 0 Å². The van der Waals surface area contributed by atoms with Crippen LogP contribution in [0.1, 0.15) is 18.4 Å². The molecule has 1 saturated heterocycles. The zero-order chi connectivity index (χ0) is 21.7. The molecule has 162 valence electrons. The number of benzene rings is 1. The Kier molecular flexibility index (Phi) is 7.44. The van der Waals surface area contributed by atoms with E-state index in [-0.39, 0.29) is 10.9 Å². The molecule has 1 aliphatic heterocycles. The number of nitrogens with zero attached hydrogens (tertiary/aromatic N) is 3. The minimum Gasteiger partial charge on any atom is -0.354 e. The molecule has 1 aromatic heterocycles. The Morgan fingerprint density at radius 3 is 2.57 bits per heavy atom. The summed E-state index contributed by atoms with van der Waals surface area (Å²) in [6.07, 6.45) is -2.58. The summed E-state index contributed by atoms with van der Waals surface area (Å²) in [5, 5.41) is 3.26. The Hall–Kier alpha value is -2.03. The predicted molar refractivity (Wildman–Crippen MR) is 112 cm³/mol. The van der Waals surface area contributed by atoms with E-state index in [9.17, 15) is 18.0 Å². The molecule has 0 atom stereocenters. The highest BCUT2D eigenvalue weighted by Gasteiger charge is 2.32. The lowest BCUT2D eigenvalue weighted by atomic mass is 10.2. The molecule has 0 aliphatic carbocycles. The number of rotatable bonds is 5. The standard InChI is InChI=1S/C20H21Cl2F3N4O/c21-15-4-1-2-5-17(15)27-18(30)6-9-28-7-3-8-29(11-10-28)19-16(22)12-14(13-26-19)20(23,24)25/h1-2,4-5,12-13H,3,6-11H2,(H,27,30).